The fraction of sp³-hybridized carbons (Fsp3) is 1.00. The number of hydrogen-bond acceptors (Lipinski definition) is 10. The lowest BCUT2D eigenvalue weighted by molar-refractivity contribution is -0.0309. The summed E-state index contributed by atoms with van der Waals surface area (Å²) in [5.41, 5.74) is 0. The van der Waals surface area contributed by atoms with Crippen molar-refractivity contribution in [2.45, 2.75) is 24.2 Å². The van der Waals surface area contributed by atoms with E-state index in [1.165, 1.54) is 9.80 Å². The summed E-state index contributed by atoms with van der Waals surface area (Å²) in [5.74, 6) is 0. The van der Waals surface area contributed by atoms with Gasteiger partial charge in [0.05, 0.1) is 77.0 Å². The van der Waals surface area contributed by atoms with Gasteiger partial charge in [0.15, 0.2) is 0 Å². The molecule has 0 radical (unpaired) electrons. The molecule has 0 bridgehead atoms. The summed E-state index contributed by atoms with van der Waals surface area (Å²) in [4.78, 5) is 3.04. The Labute approximate surface area is 141 Å². The third-order valence-electron chi connectivity index (χ3n) is 4.18. The lowest BCUT2D eigenvalue weighted by Gasteiger charge is -2.39. The average molecular weight is 356 g/mol. The minimum absolute atomic E-state index is 0.157. The predicted octanol–water partition coefficient (Wildman–Crippen LogP) is -5.00. The van der Waals surface area contributed by atoms with E-state index in [4.69, 9.17) is 0 Å². The monoisotopic (exact) mass is 356 g/mol. The fourth-order valence-corrected chi connectivity index (χ4v) is 2.63. The third-order valence-corrected chi connectivity index (χ3v) is 4.18. The number of hydrogen-bond donors (Lipinski definition) is 8. The molecule has 0 aliphatic heterocycles. The minimum atomic E-state index is -0.709. The Morgan fingerprint density at radius 3 is 0.667 bits per heavy atom. The Morgan fingerprint density at radius 1 is 0.375 bits per heavy atom. The Bertz CT molecular complexity index is 232. The van der Waals surface area contributed by atoms with Crippen molar-refractivity contribution >= 4 is 0 Å². The zero-order valence-corrected chi connectivity index (χ0v) is 13.9. The van der Waals surface area contributed by atoms with Gasteiger partial charge >= 0.3 is 0 Å². The van der Waals surface area contributed by atoms with Crippen molar-refractivity contribution in [1.29, 1.82) is 0 Å². The van der Waals surface area contributed by atoms with Crippen LogP contribution in [0.4, 0.5) is 0 Å². The molecule has 24 heavy (non-hydrogen) atoms. The van der Waals surface area contributed by atoms with Crippen LogP contribution in [0.2, 0.25) is 0 Å². The molecule has 0 aromatic carbocycles. The number of nitrogens with zero attached hydrogens (tertiary/aromatic N) is 2. The molecule has 0 aliphatic rings. The molecule has 0 saturated carbocycles. The Hall–Kier alpha value is -0.400. The number of aliphatic hydroxyl groups excluding tert-OH is 8. The van der Waals surface area contributed by atoms with Crippen LogP contribution in [0.3, 0.4) is 0 Å². The van der Waals surface area contributed by atoms with Crippen LogP contribution in [0, 0.1) is 0 Å². The first kappa shape index (κ1) is 23.6. The van der Waals surface area contributed by atoms with E-state index in [-0.39, 0.29) is 65.9 Å². The highest BCUT2D eigenvalue weighted by Crippen LogP contribution is 2.10. The van der Waals surface area contributed by atoms with Gasteiger partial charge in [0.1, 0.15) is 0 Å². The summed E-state index contributed by atoms with van der Waals surface area (Å²) in [6.07, 6.45) is 0. The van der Waals surface area contributed by atoms with Crippen LogP contribution in [-0.2, 0) is 0 Å². The maximum Gasteiger partial charge on any atom is 0.0609 e. The molecular formula is C14H32N2O8. The fourth-order valence-electron chi connectivity index (χ4n) is 2.63. The lowest BCUT2D eigenvalue weighted by atomic mass is 10.1. The average Bonchev–Trinajstić information content (AvgIpc) is 2.62. The summed E-state index contributed by atoms with van der Waals surface area (Å²) in [6, 6.07) is -2.83. The summed E-state index contributed by atoms with van der Waals surface area (Å²) in [5, 5.41) is 74.9. The van der Waals surface area contributed by atoms with Gasteiger partial charge in [0, 0.05) is 13.1 Å². The molecule has 0 aliphatic carbocycles. The second-order valence-corrected chi connectivity index (χ2v) is 5.55. The van der Waals surface area contributed by atoms with Crippen LogP contribution in [0.1, 0.15) is 0 Å². The predicted molar refractivity (Wildman–Crippen MR) is 85.3 cm³/mol. The molecule has 0 atom stereocenters. The molecule has 10 heteroatoms. The molecule has 8 N–H and O–H groups in total. The van der Waals surface area contributed by atoms with Crippen molar-refractivity contribution < 1.29 is 40.9 Å². The first-order chi connectivity index (χ1) is 11.6. The Kier molecular flexibility index (Phi) is 13.6. The van der Waals surface area contributed by atoms with E-state index in [9.17, 15) is 40.9 Å². The normalized spacial score (nSPS) is 12.8. The van der Waals surface area contributed by atoms with Crippen molar-refractivity contribution in [3.8, 4) is 0 Å². The quantitative estimate of drug-likeness (QED) is 0.142. The van der Waals surface area contributed by atoms with E-state index in [0.717, 1.165) is 0 Å². The number of aliphatic hydroxyl groups is 8. The molecule has 0 fully saturated rings. The molecule has 0 amide bonds. The molecule has 0 spiro atoms. The van der Waals surface area contributed by atoms with Gasteiger partial charge in [0.2, 0.25) is 0 Å². The van der Waals surface area contributed by atoms with Crippen LogP contribution in [-0.4, -0.2) is 141 Å². The molecule has 0 unspecified atom stereocenters. The van der Waals surface area contributed by atoms with E-state index >= 15 is 0 Å². The maximum absolute atomic E-state index is 9.37. The Morgan fingerprint density at radius 2 is 0.542 bits per heavy atom. The first-order valence-corrected chi connectivity index (χ1v) is 7.96. The highest BCUT2D eigenvalue weighted by molar-refractivity contribution is 4.83. The molecule has 0 heterocycles. The van der Waals surface area contributed by atoms with Crippen LogP contribution in [0.15, 0.2) is 0 Å². The Balaban J connectivity index is 5.19. The zero-order valence-electron chi connectivity index (χ0n) is 13.9. The van der Waals surface area contributed by atoms with Gasteiger partial charge in [-0.25, -0.2) is 0 Å². The van der Waals surface area contributed by atoms with Crippen LogP contribution >= 0.6 is 0 Å². The second-order valence-electron chi connectivity index (χ2n) is 5.55. The molecule has 10 nitrogen and oxygen atoms in total. The highest BCUT2D eigenvalue weighted by atomic mass is 16.3. The van der Waals surface area contributed by atoms with Gasteiger partial charge < -0.3 is 40.9 Å². The molecule has 146 valence electrons. The summed E-state index contributed by atoms with van der Waals surface area (Å²) < 4.78 is 0. The summed E-state index contributed by atoms with van der Waals surface area (Å²) in [7, 11) is 0. The van der Waals surface area contributed by atoms with Gasteiger partial charge in [-0.2, -0.15) is 0 Å². The first-order valence-electron chi connectivity index (χ1n) is 7.96. The zero-order chi connectivity index (χ0) is 18.5. The lowest BCUT2D eigenvalue weighted by Crippen LogP contribution is -2.56. The molecule has 0 rings (SSSR count). The SMILES string of the molecule is OCC(CO)N(CCN(C(CO)CO)C(CO)CO)C(CO)CO. The van der Waals surface area contributed by atoms with Crippen molar-refractivity contribution in [2.75, 3.05) is 65.9 Å². The van der Waals surface area contributed by atoms with Crippen molar-refractivity contribution in [3.05, 3.63) is 0 Å². The van der Waals surface area contributed by atoms with E-state index in [1.807, 2.05) is 0 Å². The molecule has 0 aromatic heterocycles. The van der Waals surface area contributed by atoms with Gasteiger partial charge in [-0.3, -0.25) is 9.80 Å². The molecule has 0 saturated heterocycles. The van der Waals surface area contributed by atoms with Crippen LogP contribution in [0.5, 0.6) is 0 Å². The highest BCUT2D eigenvalue weighted by Gasteiger charge is 2.29. The van der Waals surface area contributed by atoms with Gasteiger partial charge in [-0.1, -0.05) is 0 Å². The van der Waals surface area contributed by atoms with Gasteiger partial charge in [0.25, 0.3) is 0 Å². The minimum Gasteiger partial charge on any atom is -0.395 e. The van der Waals surface area contributed by atoms with Crippen molar-refractivity contribution in [3.63, 3.8) is 0 Å². The van der Waals surface area contributed by atoms with Crippen LogP contribution < -0.4 is 0 Å². The topological polar surface area (TPSA) is 168 Å². The maximum atomic E-state index is 9.37. The van der Waals surface area contributed by atoms with Crippen molar-refractivity contribution in [1.82, 2.24) is 9.80 Å². The second kappa shape index (κ2) is 13.8. The van der Waals surface area contributed by atoms with E-state index < -0.39 is 24.2 Å². The largest absolute Gasteiger partial charge is 0.395 e. The molecular weight excluding hydrogens is 324 g/mol. The number of rotatable bonds is 15. The van der Waals surface area contributed by atoms with Gasteiger partial charge in [-0.15, -0.1) is 0 Å². The molecule has 0 aromatic rings. The van der Waals surface area contributed by atoms with E-state index in [2.05, 4.69) is 0 Å². The van der Waals surface area contributed by atoms with E-state index in [1.54, 1.807) is 0 Å². The summed E-state index contributed by atoms with van der Waals surface area (Å²) >= 11 is 0. The van der Waals surface area contributed by atoms with Crippen LogP contribution in [0.25, 0.3) is 0 Å². The van der Waals surface area contributed by atoms with Gasteiger partial charge in [-0.05, 0) is 0 Å². The van der Waals surface area contributed by atoms with Crippen molar-refractivity contribution in [2.24, 2.45) is 0 Å². The smallest absolute Gasteiger partial charge is 0.0609 e. The summed E-state index contributed by atoms with van der Waals surface area (Å²) in [6.45, 7) is -2.80. The van der Waals surface area contributed by atoms with E-state index in [0.29, 0.717) is 0 Å². The standard InChI is InChI=1S/C14H32N2O8/c17-3-11(4-18)15(12(5-19)6-20)1-2-16(13(7-21)8-22)14(9-23)10-24/h11-14,17-24H,1-10H2. The third kappa shape index (κ3) is 6.84.